The van der Waals surface area contributed by atoms with Crippen LogP contribution in [0.1, 0.15) is 45.6 Å². The van der Waals surface area contributed by atoms with E-state index >= 15 is 0 Å². The van der Waals surface area contributed by atoms with Crippen LogP contribution >= 0.6 is 23.2 Å². The van der Waals surface area contributed by atoms with Gasteiger partial charge in [0.25, 0.3) is 10.0 Å². The number of hydrogen-bond acceptors (Lipinski definition) is 5. The van der Waals surface area contributed by atoms with Gasteiger partial charge in [-0.05, 0) is 80.4 Å². The number of nitrogens with zero attached hydrogens (tertiary/aromatic N) is 2. The zero-order valence-corrected chi connectivity index (χ0v) is 26.7. The fraction of sp³-hybridized carbons (Fsp3) is 0.355. The van der Waals surface area contributed by atoms with Gasteiger partial charge in [0.2, 0.25) is 11.8 Å². The van der Waals surface area contributed by atoms with Gasteiger partial charge in [0.15, 0.2) is 0 Å². The molecular weight excluding hydrogens is 616 g/mol. The van der Waals surface area contributed by atoms with Crippen molar-refractivity contribution in [3.8, 4) is 5.75 Å². The Hall–Kier alpha value is -3.34. The van der Waals surface area contributed by atoms with Crippen molar-refractivity contribution < 1.29 is 27.1 Å². The SMILES string of the molecule is CCCCNC(=O)C(CC)N(Cc1c(Cl)cccc1Cl)C(=O)CN(c1ccc(OCC)cc1)S(=O)(=O)c1ccc(F)cc1. The fourth-order valence-electron chi connectivity index (χ4n) is 4.42. The Kier molecular flexibility index (Phi) is 12.7. The van der Waals surface area contributed by atoms with Crippen molar-refractivity contribution in [2.75, 3.05) is 24.0 Å². The second kappa shape index (κ2) is 15.9. The maximum Gasteiger partial charge on any atom is 0.264 e. The van der Waals surface area contributed by atoms with E-state index in [9.17, 15) is 22.4 Å². The predicted molar refractivity (Wildman–Crippen MR) is 168 cm³/mol. The quantitative estimate of drug-likeness (QED) is 0.191. The standard InChI is InChI=1S/C31H36Cl2FN3O5S/c1-4-7-19-35-31(39)29(5-2)36(20-26-27(32)9-8-10-28(26)33)30(38)21-37(23-13-15-24(16-14-23)42-6-3)43(40,41)25-17-11-22(34)12-18-25/h8-18,29H,4-7,19-21H2,1-3H3,(H,35,39). The summed E-state index contributed by atoms with van der Waals surface area (Å²) in [7, 11) is -4.36. The average Bonchev–Trinajstić information content (AvgIpc) is 2.98. The summed E-state index contributed by atoms with van der Waals surface area (Å²) in [6.45, 7) is 5.62. The molecule has 0 aliphatic carbocycles. The van der Waals surface area contributed by atoms with E-state index in [0.717, 1.165) is 41.4 Å². The Balaban J connectivity index is 2.08. The maximum absolute atomic E-state index is 14.2. The third kappa shape index (κ3) is 8.84. The minimum absolute atomic E-state index is 0.134. The minimum atomic E-state index is -4.36. The number of halogens is 3. The van der Waals surface area contributed by atoms with E-state index in [1.165, 1.54) is 17.0 Å². The lowest BCUT2D eigenvalue weighted by Gasteiger charge is -2.33. The molecule has 1 atom stereocenters. The molecule has 3 rings (SSSR count). The van der Waals surface area contributed by atoms with Gasteiger partial charge in [-0.3, -0.25) is 13.9 Å². The predicted octanol–water partition coefficient (Wildman–Crippen LogP) is 6.45. The van der Waals surface area contributed by atoms with Crippen LogP contribution in [0.3, 0.4) is 0 Å². The van der Waals surface area contributed by atoms with Crippen molar-refractivity contribution in [1.82, 2.24) is 10.2 Å². The number of carbonyl (C=O) groups is 2. The molecule has 0 fully saturated rings. The van der Waals surface area contributed by atoms with Gasteiger partial charge in [-0.15, -0.1) is 0 Å². The van der Waals surface area contributed by atoms with Crippen molar-refractivity contribution >= 4 is 50.7 Å². The van der Waals surface area contributed by atoms with Gasteiger partial charge in [0.1, 0.15) is 24.2 Å². The Morgan fingerprint density at radius 3 is 2.14 bits per heavy atom. The molecule has 0 aliphatic heterocycles. The Labute approximate surface area is 262 Å². The summed E-state index contributed by atoms with van der Waals surface area (Å²) < 4.78 is 47.9. The molecule has 43 heavy (non-hydrogen) atoms. The van der Waals surface area contributed by atoms with Gasteiger partial charge in [0, 0.05) is 28.7 Å². The number of nitrogens with one attached hydrogen (secondary N) is 1. The number of hydrogen-bond donors (Lipinski definition) is 1. The van der Waals surface area contributed by atoms with E-state index in [2.05, 4.69) is 5.32 Å². The molecule has 1 unspecified atom stereocenters. The normalized spacial score (nSPS) is 12.0. The lowest BCUT2D eigenvalue weighted by molar-refractivity contribution is -0.140. The van der Waals surface area contributed by atoms with Gasteiger partial charge in [0.05, 0.1) is 17.2 Å². The second-order valence-electron chi connectivity index (χ2n) is 9.68. The first-order valence-corrected chi connectivity index (χ1v) is 16.2. The third-order valence-corrected chi connectivity index (χ3v) is 9.22. The highest BCUT2D eigenvalue weighted by atomic mass is 35.5. The van der Waals surface area contributed by atoms with E-state index in [-0.39, 0.29) is 29.5 Å². The molecule has 12 heteroatoms. The van der Waals surface area contributed by atoms with Crippen LogP contribution in [-0.4, -0.2) is 50.9 Å². The highest BCUT2D eigenvalue weighted by Crippen LogP contribution is 2.29. The van der Waals surface area contributed by atoms with E-state index in [0.29, 0.717) is 34.5 Å². The van der Waals surface area contributed by atoms with Gasteiger partial charge in [-0.1, -0.05) is 49.5 Å². The molecular formula is C31H36Cl2FN3O5S. The fourth-order valence-corrected chi connectivity index (χ4v) is 6.35. The van der Waals surface area contributed by atoms with Crippen LogP contribution in [-0.2, 0) is 26.2 Å². The van der Waals surface area contributed by atoms with Gasteiger partial charge >= 0.3 is 0 Å². The molecule has 0 saturated carbocycles. The van der Waals surface area contributed by atoms with Crippen LogP contribution < -0.4 is 14.4 Å². The molecule has 2 amide bonds. The van der Waals surface area contributed by atoms with Crippen molar-refractivity contribution in [2.24, 2.45) is 0 Å². The van der Waals surface area contributed by atoms with E-state index in [1.54, 1.807) is 37.3 Å². The van der Waals surface area contributed by atoms with Crippen molar-refractivity contribution in [3.63, 3.8) is 0 Å². The summed E-state index contributed by atoms with van der Waals surface area (Å²) in [5, 5.41) is 3.47. The van der Waals surface area contributed by atoms with Gasteiger partial charge < -0.3 is 15.0 Å². The molecule has 0 saturated heterocycles. The van der Waals surface area contributed by atoms with Crippen molar-refractivity contribution in [3.05, 3.63) is 88.2 Å². The van der Waals surface area contributed by atoms with Crippen LogP contribution in [0.2, 0.25) is 10.0 Å². The first-order chi connectivity index (χ1) is 20.5. The Bertz CT molecular complexity index is 1470. The minimum Gasteiger partial charge on any atom is -0.494 e. The molecule has 0 heterocycles. The van der Waals surface area contributed by atoms with Crippen molar-refractivity contribution in [2.45, 2.75) is 57.5 Å². The average molecular weight is 653 g/mol. The van der Waals surface area contributed by atoms with E-state index < -0.39 is 34.3 Å². The lowest BCUT2D eigenvalue weighted by atomic mass is 10.1. The Morgan fingerprint density at radius 2 is 1.58 bits per heavy atom. The number of unbranched alkanes of at least 4 members (excludes halogenated alkanes) is 1. The van der Waals surface area contributed by atoms with Crippen LogP contribution in [0.15, 0.2) is 71.6 Å². The topological polar surface area (TPSA) is 96.0 Å². The molecule has 0 aliphatic rings. The van der Waals surface area contributed by atoms with Crippen LogP contribution in [0.25, 0.3) is 0 Å². The zero-order chi connectivity index (χ0) is 31.6. The van der Waals surface area contributed by atoms with Crippen LogP contribution in [0, 0.1) is 5.82 Å². The summed E-state index contributed by atoms with van der Waals surface area (Å²) in [6.07, 6.45) is 1.88. The van der Waals surface area contributed by atoms with E-state index in [4.69, 9.17) is 27.9 Å². The summed E-state index contributed by atoms with van der Waals surface area (Å²) in [6, 6.07) is 14.5. The van der Waals surface area contributed by atoms with E-state index in [1.807, 2.05) is 13.8 Å². The molecule has 0 radical (unpaired) electrons. The summed E-state index contributed by atoms with van der Waals surface area (Å²) in [4.78, 5) is 28.6. The maximum atomic E-state index is 14.2. The molecule has 0 spiro atoms. The first kappa shape index (κ1) is 34.2. The third-order valence-electron chi connectivity index (χ3n) is 6.72. The zero-order valence-electron chi connectivity index (χ0n) is 24.4. The summed E-state index contributed by atoms with van der Waals surface area (Å²) in [5.74, 6) is -1.12. The van der Waals surface area contributed by atoms with Crippen LogP contribution in [0.5, 0.6) is 5.75 Å². The first-order valence-electron chi connectivity index (χ1n) is 14.0. The van der Waals surface area contributed by atoms with Crippen molar-refractivity contribution in [1.29, 1.82) is 0 Å². The summed E-state index contributed by atoms with van der Waals surface area (Å²) >= 11 is 12.9. The Morgan fingerprint density at radius 1 is 0.953 bits per heavy atom. The lowest BCUT2D eigenvalue weighted by Crippen LogP contribution is -2.52. The molecule has 1 N–H and O–H groups in total. The highest BCUT2D eigenvalue weighted by Gasteiger charge is 2.34. The smallest absolute Gasteiger partial charge is 0.264 e. The number of rotatable bonds is 15. The molecule has 3 aromatic carbocycles. The highest BCUT2D eigenvalue weighted by molar-refractivity contribution is 7.92. The number of ether oxygens (including phenoxy) is 1. The molecule has 232 valence electrons. The molecule has 8 nitrogen and oxygen atoms in total. The number of anilines is 1. The number of sulfonamides is 1. The molecule has 0 bridgehead atoms. The molecule has 0 aromatic heterocycles. The van der Waals surface area contributed by atoms with Gasteiger partial charge in [-0.25, -0.2) is 12.8 Å². The second-order valence-corrected chi connectivity index (χ2v) is 12.4. The van der Waals surface area contributed by atoms with Gasteiger partial charge in [-0.2, -0.15) is 0 Å². The summed E-state index contributed by atoms with van der Waals surface area (Å²) in [5.41, 5.74) is 0.602. The molecule has 3 aromatic rings. The number of amides is 2. The number of benzene rings is 3. The van der Waals surface area contributed by atoms with Crippen LogP contribution in [0.4, 0.5) is 10.1 Å². The number of carbonyl (C=O) groups excluding carboxylic acids is 2. The largest absolute Gasteiger partial charge is 0.494 e. The monoisotopic (exact) mass is 651 g/mol.